The standard InChI is InChI=1S/C62H124Br2O3/c1-15-17-19-21-23-25-27-29-37-65-61(35-31-33-49(3)39-51(5)41-53(7)43-55(9)45-57(11)47-59(13)63)67-62(66-38-30-28-26-24-22-20-18-16-2)36-32-34-50(4)40-52(6)42-54(8)44-56(10)46-58(12)48-60(14)64/h49-62H,15-48H2,1-14H3. The number of unbranched alkanes of at least 4 members (excludes halogenated alkanes) is 14. The quantitative estimate of drug-likeness (QED) is 0.0345. The van der Waals surface area contributed by atoms with Crippen LogP contribution in [0.5, 0.6) is 0 Å². The van der Waals surface area contributed by atoms with Crippen molar-refractivity contribution in [2.75, 3.05) is 13.2 Å². The normalized spacial score (nSPS) is 18.6. The van der Waals surface area contributed by atoms with Gasteiger partial charge in [-0.05, 0) is 162 Å². The molecule has 0 N–H and O–H groups in total. The summed E-state index contributed by atoms with van der Waals surface area (Å²) in [4.78, 5) is 1.25. The van der Waals surface area contributed by atoms with Crippen LogP contribution in [0.4, 0.5) is 0 Å². The average molecular weight is 1080 g/mol. The molecule has 0 aliphatic carbocycles. The first kappa shape index (κ1) is 67.8. The highest BCUT2D eigenvalue weighted by Gasteiger charge is 2.22. The van der Waals surface area contributed by atoms with Crippen molar-refractivity contribution >= 4 is 31.9 Å². The summed E-state index contributed by atoms with van der Waals surface area (Å²) in [6.45, 7) is 35.7. The van der Waals surface area contributed by atoms with Gasteiger partial charge in [-0.25, -0.2) is 0 Å². The van der Waals surface area contributed by atoms with Crippen LogP contribution < -0.4 is 0 Å². The molecule has 0 radical (unpaired) electrons. The lowest BCUT2D eigenvalue weighted by atomic mass is 9.82. The lowest BCUT2D eigenvalue weighted by molar-refractivity contribution is -0.250. The van der Waals surface area contributed by atoms with Crippen LogP contribution in [0.3, 0.4) is 0 Å². The first-order valence-corrected chi connectivity index (χ1v) is 31.9. The van der Waals surface area contributed by atoms with Crippen LogP contribution in [0.15, 0.2) is 0 Å². The Morgan fingerprint density at radius 1 is 0.269 bits per heavy atom. The smallest absolute Gasteiger partial charge is 0.160 e. The van der Waals surface area contributed by atoms with Gasteiger partial charge in [0.25, 0.3) is 0 Å². The molecular weight excluding hydrogens is 952 g/mol. The van der Waals surface area contributed by atoms with E-state index in [1.54, 1.807) is 0 Å². The monoisotopic (exact) mass is 1070 g/mol. The van der Waals surface area contributed by atoms with E-state index in [1.165, 1.54) is 180 Å². The lowest BCUT2D eigenvalue weighted by Crippen LogP contribution is -2.28. The maximum atomic E-state index is 6.95. The second-order valence-corrected chi connectivity index (χ2v) is 27.6. The first-order valence-electron chi connectivity index (χ1n) is 30.1. The third kappa shape index (κ3) is 45.2. The molecule has 0 fully saturated rings. The summed E-state index contributed by atoms with van der Waals surface area (Å²) < 4.78 is 20.3. The molecule has 0 aliphatic rings. The Kier molecular flexibility index (Phi) is 46.0. The molecule has 5 heteroatoms. The highest BCUT2D eigenvalue weighted by Crippen LogP contribution is 2.32. The van der Waals surface area contributed by atoms with Gasteiger partial charge in [-0.2, -0.15) is 0 Å². The van der Waals surface area contributed by atoms with E-state index >= 15 is 0 Å². The zero-order chi connectivity index (χ0) is 50.2. The fourth-order valence-electron chi connectivity index (χ4n) is 12.3. The van der Waals surface area contributed by atoms with Crippen molar-refractivity contribution in [1.82, 2.24) is 0 Å². The molecule has 0 rings (SSSR count). The maximum Gasteiger partial charge on any atom is 0.160 e. The molecule has 14 unspecified atom stereocenters. The van der Waals surface area contributed by atoms with Crippen molar-refractivity contribution in [3.63, 3.8) is 0 Å². The van der Waals surface area contributed by atoms with Crippen molar-refractivity contribution < 1.29 is 14.2 Å². The van der Waals surface area contributed by atoms with E-state index in [9.17, 15) is 0 Å². The fourth-order valence-corrected chi connectivity index (χ4v) is 13.6. The topological polar surface area (TPSA) is 27.7 Å². The minimum atomic E-state index is -0.165. The van der Waals surface area contributed by atoms with Crippen LogP contribution in [0.1, 0.15) is 302 Å². The molecule has 0 bridgehead atoms. The summed E-state index contributed by atoms with van der Waals surface area (Å²) in [5, 5.41) is 0. The number of hydrogen-bond acceptors (Lipinski definition) is 3. The summed E-state index contributed by atoms with van der Waals surface area (Å²) >= 11 is 7.54. The van der Waals surface area contributed by atoms with E-state index in [4.69, 9.17) is 14.2 Å². The van der Waals surface area contributed by atoms with Gasteiger partial charge in [0.05, 0.1) is 0 Å². The van der Waals surface area contributed by atoms with Gasteiger partial charge < -0.3 is 14.2 Å². The molecule has 0 aromatic carbocycles. The molecule has 0 saturated carbocycles. The number of rotatable bonds is 50. The molecule has 67 heavy (non-hydrogen) atoms. The van der Waals surface area contributed by atoms with Gasteiger partial charge in [0.1, 0.15) is 0 Å². The Morgan fingerprint density at radius 3 is 0.776 bits per heavy atom. The van der Waals surface area contributed by atoms with Crippen molar-refractivity contribution in [1.29, 1.82) is 0 Å². The Bertz CT molecular complexity index is 945. The fraction of sp³-hybridized carbons (Fsp3) is 1.00. The van der Waals surface area contributed by atoms with Gasteiger partial charge in [-0.1, -0.05) is 232 Å². The number of ether oxygens (including phenoxy) is 3. The molecule has 404 valence electrons. The molecule has 0 aliphatic heterocycles. The van der Waals surface area contributed by atoms with Gasteiger partial charge in [-0.15, -0.1) is 0 Å². The summed E-state index contributed by atoms with van der Waals surface area (Å²) in [5.41, 5.74) is 0. The molecule has 0 amide bonds. The van der Waals surface area contributed by atoms with Crippen molar-refractivity contribution in [3.8, 4) is 0 Å². The molecule has 0 spiro atoms. The van der Waals surface area contributed by atoms with Crippen molar-refractivity contribution in [2.24, 2.45) is 59.2 Å². The van der Waals surface area contributed by atoms with Crippen LogP contribution in [0, 0.1) is 59.2 Å². The van der Waals surface area contributed by atoms with Crippen LogP contribution in [-0.4, -0.2) is 35.4 Å². The largest absolute Gasteiger partial charge is 0.353 e. The zero-order valence-electron chi connectivity index (χ0n) is 48.1. The average Bonchev–Trinajstić information content (AvgIpc) is 3.20. The summed E-state index contributed by atoms with van der Waals surface area (Å²) in [6.07, 6.45) is 41.0. The van der Waals surface area contributed by atoms with Gasteiger partial charge in [0.2, 0.25) is 0 Å². The van der Waals surface area contributed by atoms with E-state index in [-0.39, 0.29) is 12.6 Å². The predicted octanol–water partition coefficient (Wildman–Crippen LogP) is 22.1. The predicted molar refractivity (Wildman–Crippen MR) is 308 cm³/mol. The summed E-state index contributed by atoms with van der Waals surface area (Å²) in [5.74, 6) is 7.86. The summed E-state index contributed by atoms with van der Waals surface area (Å²) in [6, 6.07) is 0. The van der Waals surface area contributed by atoms with Crippen molar-refractivity contribution in [3.05, 3.63) is 0 Å². The maximum absolute atomic E-state index is 6.95. The van der Waals surface area contributed by atoms with Gasteiger partial charge in [0.15, 0.2) is 12.6 Å². The highest BCUT2D eigenvalue weighted by atomic mass is 79.9. The second-order valence-electron chi connectivity index (χ2n) is 24.5. The Hall–Kier alpha value is 0.840. The van der Waals surface area contributed by atoms with E-state index in [0.717, 1.165) is 98.1 Å². The molecular formula is C62H124Br2O3. The van der Waals surface area contributed by atoms with Gasteiger partial charge >= 0.3 is 0 Å². The Balaban J connectivity index is 5.43. The van der Waals surface area contributed by atoms with E-state index in [1.807, 2.05) is 0 Å². The van der Waals surface area contributed by atoms with Gasteiger partial charge in [0, 0.05) is 22.9 Å². The number of alkyl halides is 2. The third-order valence-electron chi connectivity index (χ3n) is 15.1. The molecule has 3 nitrogen and oxygen atoms in total. The molecule has 0 aromatic rings. The minimum absolute atomic E-state index is 0.165. The SMILES string of the molecule is CCCCCCCCCCOC(CCCC(C)CC(C)CC(C)CC(C)CC(C)CC(C)Br)OC(CCCC(C)CC(C)CC(C)CC(C)CC(C)CC(C)Br)OCCCCCCCCCC. The van der Waals surface area contributed by atoms with Crippen molar-refractivity contribution in [2.45, 2.75) is 325 Å². The molecule has 0 aromatic heterocycles. The first-order chi connectivity index (χ1) is 31.9. The molecule has 0 saturated heterocycles. The number of hydrogen-bond donors (Lipinski definition) is 0. The molecule has 14 atom stereocenters. The van der Waals surface area contributed by atoms with Crippen LogP contribution in [0.2, 0.25) is 0 Å². The molecule has 0 heterocycles. The van der Waals surface area contributed by atoms with E-state index in [2.05, 4.69) is 129 Å². The van der Waals surface area contributed by atoms with Crippen LogP contribution in [-0.2, 0) is 14.2 Å². The summed E-state index contributed by atoms with van der Waals surface area (Å²) in [7, 11) is 0. The van der Waals surface area contributed by atoms with Crippen LogP contribution >= 0.6 is 31.9 Å². The van der Waals surface area contributed by atoms with Crippen LogP contribution in [0.25, 0.3) is 0 Å². The van der Waals surface area contributed by atoms with Gasteiger partial charge in [-0.3, -0.25) is 0 Å². The number of halogens is 2. The lowest BCUT2D eigenvalue weighted by Gasteiger charge is -2.27. The van der Waals surface area contributed by atoms with E-state index in [0.29, 0.717) is 9.65 Å². The zero-order valence-corrected chi connectivity index (χ0v) is 51.3. The second kappa shape index (κ2) is 45.5. The Morgan fingerprint density at radius 2 is 0.507 bits per heavy atom. The minimum Gasteiger partial charge on any atom is -0.353 e. The van der Waals surface area contributed by atoms with E-state index < -0.39 is 0 Å². The third-order valence-corrected chi connectivity index (χ3v) is 15.8. The Labute approximate surface area is 440 Å². The highest BCUT2D eigenvalue weighted by molar-refractivity contribution is 9.09.